The maximum absolute atomic E-state index is 12.6. The van der Waals surface area contributed by atoms with Gasteiger partial charge in [-0.25, -0.2) is 8.42 Å². The second-order valence-electron chi connectivity index (χ2n) is 6.48. The summed E-state index contributed by atoms with van der Waals surface area (Å²) in [6, 6.07) is 9.09. The van der Waals surface area contributed by atoms with Crippen molar-refractivity contribution in [3.05, 3.63) is 30.3 Å². The number of nitrogens with one attached hydrogen (secondary N) is 1. The predicted molar refractivity (Wildman–Crippen MR) is 91.3 cm³/mol. The zero-order valence-electron chi connectivity index (χ0n) is 13.6. The van der Waals surface area contributed by atoms with Crippen molar-refractivity contribution in [1.82, 2.24) is 5.32 Å². The molecule has 1 aromatic rings. The second-order valence-corrected chi connectivity index (χ2v) is 8.70. The van der Waals surface area contributed by atoms with E-state index < -0.39 is 9.84 Å². The fraction of sp³-hybridized carbons (Fsp3) is 0.529. The van der Waals surface area contributed by atoms with Crippen LogP contribution < -0.4 is 10.2 Å². The van der Waals surface area contributed by atoms with Crippen LogP contribution in [0, 0.1) is 11.8 Å². The molecule has 1 aromatic carbocycles. The molecular formula is C17H22N2O4S. The van der Waals surface area contributed by atoms with E-state index in [0.717, 1.165) is 5.69 Å². The van der Waals surface area contributed by atoms with Crippen LogP contribution in [-0.4, -0.2) is 44.3 Å². The van der Waals surface area contributed by atoms with Gasteiger partial charge in [-0.15, -0.1) is 0 Å². The monoisotopic (exact) mass is 350 g/mol. The van der Waals surface area contributed by atoms with Gasteiger partial charge in [-0.1, -0.05) is 18.2 Å². The highest BCUT2D eigenvalue weighted by Gasteiger charge is 2.50. The second kappa shape index (κ2) is 6.55. The molecule has 2 aliphatic rings. The normalized spacial score (nSPS) is 27.5. The quantitative estimate of drug-likeness (QED) is 0.858. The summed E-state index contributed by atoms with van der Waals surface area (Å²) in [5.41, 5.74) is 0.831. The van der Waals surface area contributed by atoms with Crippen molar-refractivity contribution in [1.29, 1.82) is 0 Å². The van der Waals surface area contributed by atoms with E-state index in [-0.39, 0.29) is 41.2 Å². The van der Waals surface area contributed by atoms with Gasteiger partial charge in [-0.3, -0.25) is 9.59 Å². The van der Waals surface area contributed by atoms with Crippen LogP contribution in [0.2, 0.25) is 0 Å². The Labute approximate surface area is 142 Å². The van der Waals surface area contributed by atoms with E-state index in [2.05, 4.69) is 5.32 Å². The lowest BCUT2D eigenvalue weighted by Gasteiger charge is -2.21. The average Bonchev–Trinajstić information content (AvgIpc) is 3.28. The first kappa shape index (κ1) is 17.0. The Hall–Kier alpha value is -1.89. The summed E-state index contributed by atoms with van der Waals surface area (Å²) in [5.74, 6) is -0.734. The van der Waals surface area contributed by atoms with Crippen LogP contribution >= 0.6 is 0 Å². The van der Waals surface area contributed by atoms with Crippen molar-refractivity contribution in [2.45, 2.75) is 25.8 Å². The molecule has 3 rings (SSSR count). The Balaban J connectivity index is 1.58. The number of carbonyl (C=O) groups excluding carboxylic acids is 2. The highest BCUT2D eigenvalue weighted by Crippen LogP contribution is 2.41. The maximum Gasteiger partial charge on any atom is 0.230 e. The van der Waals surface area contributed by atoms with Gasteiger partial charge >= 0.3 is 0 Å². The number of hydrogen-bond donors (Lipinski definition) is 1. The summed E-state index contributed by atoms with van der Waals surface area (Å²) in [7, 11) is -3.02. The molecule has 1 saturated carbocycles. The van der Waals surface area contributed by atoms with Gasteiger partial charge in [0.25, 0.3) is 0 Å². The first-order chi connectivity index (χ1) is 11.4. The molecule has 130 valence electrons. The number of rotatable bonds is 5. The standard InChI is InChI=1S/C17H22N2O4S/c1-2-19(13-6-4-3-5-7-13)17(21)15-10-14(15)16(20)18-12-8-9-24(22,23)11-12/h3-7,12,14-15H,2,8-11H2,1H3,(H,18,20). The van der Waals surface area contributed by atoms with Gasteiger partial charge in [0, 0.05) is 18.3 Å². The molecule has 1 aliphatic carbocycles. The summed E-state index contributed by atoms with van der Waals surface area (Å²) in [6.45, 7) is 2.46. The number of nitrogens with zero attached hydrogens (tertiary/aromatic N) is 1. The van der Waals surface area contributed by atoms with E-state index in [1.165, 1.54) is 0 Å². The van der Waals surface area contributed by atoms with Crippen molar-refractivity contribution >= 4 is 27.3 Å². The number of sulfone groups is 1. The third-order valence-corrected chi connectivity index (χ3v) is 6.44. The van der Waals surface area contributed by atoms with Crippen molar-refractivity contribution in [2.75, 3.05) is 23.0 Å². The molecule has 0 radical (unpaired) electrons. The highest BCUT2D eigenvalue weighted by atomic mass is 32.2. The minimum absolute atomic E-state index is 0.00910. The molecule has 24 heavy (non-hydrogen) atoms. The molecule has 1 aliphatic heterocycles. The SMILES string of the molecule is CCN(C(=O)C1CC1C(=O)NC1CCS(=O)(=O)C1)c1ccccc1. The van der Waals surface area contributed by atoms with Crippen molar-refractivity contribution in [3.63, 3.8) is 0 Å². The maximum atomic E-state index is 12.6. The van der Waals surface area contributed by atoms with Crippen molar-refractivity contribution in [3.8, 4) is 0 Å². The lowest BCUT2D eigenvalue weighted by Crippen LogP contribution is -2.38. The minimum atomic E-state index is -3.02. The zero-order chi connectivity index (χ0) is 17.3. The number of para-hydroxylation sites is 1. The third kappa shape index (κ3) is 3.61. The largest absolute Gasteiger partial charge is 0.352 e. The number of hydrogen-bond acceptors (Lipinski definition) is 4. The van der Waals surface area contributed by atoms with Crippen LogP contribution in [0.1, 0.15) is 19.8 Å². The summed E-state index contributed by atoms with van der Waals surface area (Å²) in [6.07, 6.45) is 0.998. The molecule has 2 fully saturated rings. The van der Waals surface area contributed by atoms with Gasteiger partial charge in [-0.2, -0.15) is 0 Å². The molecule has 2 amide bonds. The van der Waals surface area contributed by atoms with E-state index in [1.54, 1.807) is 4.90 Å². The first-order valence-corrected chi connectivity index (χ1v) is 10.1. The van der Waals surface area contributed by atoms with Crippen LogP contribution in [0.3, 0.4) is 0 Å². The van der Waals surface area contributed by atoms with Crippen molar-refractivity contribution < 1.29 is 18.0 Å². The topological polar surface area (TPSA) is 83.6 Å². The molecule has 3 unspecified atom stereocenters. The van der Waals surface area contributed by atoms with Crippen LogP contribution in [0.15, 0.2) is 30.3 Å². The van der Waals surface area contributed by atoms with Gasteiger partial charge in [0.1, 0.15) is 0 Å². The Morgan fingerprint density at radius 3 is 2.50 bits per heavy atom. The van der Waals surface area contributed by atoms with Gasteiger partial charge < -0.3 is 10.2 Å². The minimum Gasteiger partial charge on any atom is -0.352 e. The Bertz CT molecular complexity index is 732. The summed E-state index contributed by atoms with van der Waals surface area (Å²) in [5, 5.41) is 2.79. The van der Waals surface area contributed by atoms with E-state index in [1.807, 2.05) is 37.3 Å². The fourth-order valence-corrected chi connectivity index (χ4v) is 4.92. The zero-order valence-corrected chi connectivity index (χ0v) is 14.5. The first-order valence-electron chi connectivity index (χ1n) is 8.28. The molecule has 1 heterocycles. The van der Waals surface area contributed by atoms with Gasteiger partial charge in [0.15, 0.2) is 9.84 Å². The highest BCUT2D eigenvalue weighted by molar-refractivity contribution is 7.91. The van der Waals surface area contributed by atoms with Gasteiger partial charge in [-0.05, 0) is 31.9 Å². The van der Waals surface area contributed by atoms with E-state index in [9.17, 15) is 18.0 Å². The Morgan fingerprint density at radius 2 is 1.92 bits per heavy atom. The van der Waals surface area contributed by atoms with Crippen molar-refractivity contribution in [2.24, 2.45) is 11.8 Å². The summed E-state index contributed by atoms with van der Waals surface area (Å²) in [4.78, 5) is 26.6. The lowest BCUT2D eigenvalue weighted by molar-refractivity contribution is -0.126. The molecular weight excluding hydrogens is 328 g/mol. The van der Waals surface area contributed by atoms with Crippen LogP contribution in [0.25, 0.3) is 0 Å². The molecule has 7 heteroatoms. The fourth-order valence-electron chi connectivity index (χ4n) is 3.25. The predicted octanol–water partition coefficient (Wildman–Crippen LogP) is 0.979. The van der Waals surface area contributed by atoms with Gasteiger partial charge in [0.2, 0.25) is 11.8 Å². The number of anilines is 1. The number of amides is 2. The van der Waals surface area contributed by atoms with Crippen LogP contribution in [0.5, 0.6) is 0 Å². The molecule has 1 saturated heterocycles. The molecule has 0 bridgehead atoms. The Kier molecular flexibility index (Phi) is 4.62. The van der Waals surface area contributed by atoms with E-state index in [4.69, 9.17) is 0 Å². The third-order valence-electron chi connectivity index (χ3n) is 4.67. The Morgan fingerprint density at radius 1 is 1.21 bits per heavy atom. The lowest BCUT2D eigenvalue weighted by atomic mass is 10.2. The molecule has 6 nitrogen and oxygen atoms in total. The van der Waals surface area contributed by atoms with Crippen LogP contribution in [0.4, 0.5) is 5.69 Å². The molecule has 1 N–H and O–H groups in total. The smallest absolute Gasteiger partial charge is 0.230 e. The van der Waals surface area contributed by atoms with Crippen LogP contribution in [-0.2, 0) is 19.4 Å². The van der Waals surface area contributed by atoms with E-state index >= 15 is 0 Å². The molecule has 0 aromatic heterocycles. The van der Waals surface area contributed by atoms with E-state index in [0.29, 0.717) is 19.4 Å². The number of carbonyl (C=O) groups is 2. The number of benzene rings is 1. The molecule has 3 atom stereocenters. The molecule has 0 spiro atoms. The summed E-state index contributed by atoms with van der Waals surface area (Å²) >= 11 is 0. The average molecular weight is 350 g/mol. The van der Waals surface area contributed by atoms with Gasteiger partial charge in [0.05, 0.1) is 23.3 Å². The summed E-state index contributed by atoms with van der Waals surface area (Å²) < 4.78 is 22.9.